The van der Waals surface area contributed by atoms with Crippen LogP contribution in [-0.2, 0) is 11.3 Å². The van der Waals surface area contributed by atoms with Crippen LogP contribution in [0.1, 0.15) is 18.5 Å². The molecule has 116 valence electrons. The van der Waals surface area contributed by atoms with E-state index in [9.17, 15) is 4.79 Å². The summed E-state index contributed by atoms with van der Waals surface area (Å²) in [6.45, 7) is 1.29. The molecule has 1 unspecified atom stereocenters. The highest BCUT2D eigenvalue weighted by Crippen LogP contribution is 2.14. The number of carbonyl (C=O) groups excluding carboxylic acids is 1. The largest absolute Gasteiger partial charge is 0.497 e. The Hall–Kier alpha value is -2.41. The van der Waals surface area contributed by atoms with Crippen LogP contribution in [0, 0.1) is 0 Å². The van der Waals surface area contributed by atoms with E-state index in [1.165, 1.54) is 0 Å². The summed E-state index contributed by atoms with van der Waals surface area (Å²) in [7, 11) is 1.63. The molecule has 0 spiro atoms. The summed E-state index contributed by atoms with van der Waals surface area (Å²) in [4.78, 5) is 11.9. The molecule has 2 N–H and O–H groups in total. The summed E-state index contributed by atoms with van der Waals surface area (Å²) in [5.41, 5.74) is 1.62. The van der Waals surface area contributed by atoms with Crippen LogP contribution >= 0.6 is 0 Å². The zero-order valence-corrected chi connectivity index (χ0v) is 12.5. The van der Waals surface area contributed by atoms with E-state index in [1.54, 1.807) is 11.8 Å². The molecule has 1 aromatic carbocycles. The Bertz CT molecular complexity index is 632. The molecule has 1 saturated heterocycles. The van der Waals surface area contributed by atoms with Gasteiger partial charge < -0.3 is 15.4 Å². The molecule has 1 atom stereocenters. The highest BCUT2D eigenvalue weighted by molar-refractivity contribution is 5.81. The lowest BCUT2D eigenvalue weighted by atomic mass is 10.2. The van der Waals surface area contributed by atoms with Crippen molar-refractivity contribution in [3.63, 3.8) is 0 Å². The summed E-state index contributed by atoms with van der Waals surface area (Å²) in [5, 5.41) is 14.2. The quantitative estimate of drug-likeness (QED) is 0.847. The van der Waals surface area contributed by atoms with Crippen LogP contribution in [0.25, 0.3) is 5.69 Å². The number of rotatable bonds is 5. The molecule has 7 heteroatoms. The second kappa shape index (κ2) is 6.57. The van der Waals surface area contributed by atoms with Crippen molar-refractivity contribution >= 4 is 5.91 Å². The molecule has 0 saturated carbocycles. The maximum Gasteiger partial charge on any atom is 0.237 e. The number of carbonyl (C=O) groups is 1. The average Bonchev–Trinajstić information content (AvgIpc) is 3.24. The van der Waals surface area contributed by atoms with Gasteiger partial charge in [0, 0.05) is 0 Å². The first-order chi connectivity index (χ1) is 10.8. The normalized spacial score (nSPS) is 17.4. The number of ether oxygens (including phenoxy) is 1. The Labute approximate surface area is 128 Å². The fourth-order valence-corrected chi connectivity index (χ4v) is 2.45. The lowest BCUT2D eigenvalue weighted by molar-refractivity contribution is -0.122. The van der Waals surface area contributed by atoms with Gasteiger partial charge in [0.1, 0.15) is 11.4 Å². The monoisotopic (exact) mass is 301 g/mol. The molecule has 1 aliphatic heterocycles. The van der Waals surface area contributed by atoms with Gasteiger partial charge in [-0.05, 0) is 43.7 Å². The highest BCUT2D eigenvalue weighted by atomic mass is 16.5. The molecule has 0 radical (unpaired) electrons. The first kappa shape index (κ1) is 14.5. The van der Waals surface area contributed by atoms with Crippen LogP contribution < -0.4 is 15.4 Å². The van der Waals surface area contributed by atoms with Crippen molar-refractivity contribution in [1.29, 1.82) is 0 Å². The molecule has 7 nitrogen and oxygen atoms in total. The lowest BCUT2D eigenvalue weighted by Crippen LogP contribution is -2.40. The third-order valence-corrected chi connectivity index (χ3v) is 3.70. The number of methoxy groups -OCH3 is 1. The van der Waals surface area contributed by atoms with Crippen molar-refractivity contribution in [3.8, 4) is 11.4 Å². The Morgan fingerprint density at radius 2 is 2.27 bits per heavy atom. The average molecular weight is 301 g/mol. The van der Waals surface area contributed by atoms with Crippen LogP contribution in [0.4, 0.5) is 0 Å². The van der Waals surface area contributed by atoms with Gasteiger partial charge in [0.2, 0.25) is 5.91 Å². The second-order valence-electron chi connectivity index (χ2n) is 5.22. The minimum absolute atomic E-state index is 0.0245. The van der Waals surface area contributed by atoms with E-state index < -0.39 is 0 Å². The Morgan fingerprint density at radius 3 is 2.95 bits per heavy atom. The van der Waals surface area contributed by atoms with Crippen molar-refractivity contribution in [2.24, 2.45) is 0 Å². The topological polar surface area (TPSA) is 81.1 Å². The highest BCUT2D eigenvalue weighted by Gasteiger charge is 2.21. The minimum Gasteiger partial charge on any atom is -0.497 e. The van der Waals surface area contributed by atoms with Crippen LogP contribution in [0.15, 0.2) is 30.5 Å². The number of aromatic nitrogens is 3. The van der Waals surface area contributed by atoms with Crippen molar-refractivity contribution < 1.29 is 9.53 Å². The summed E-state index contributed by atoms with van der Waals surface area (Å²) in [6.07, 6.45) is 3.75. The minimum atomic E-state index is -0.0726. The predicted molar refractivity (Wildman–Crippen MR) is 80.8 cm³/mol. The molecule has 1 aliphatic rings. The second-order valence-corrected chi connectivity index (χ2v) is 5.22. The summed E-state index contributed by atoms with van der Waals surface area (Å²) >= 11 is 0. The predicted octanol–water partition coefficient (Wildman–Crippen LogP) is 0.644. The van der Waals surface area contributed by atoms with Gasteiger partial charge in [-0.25, -0.2) is 4.68 Å². The van der Waals surface area contributed by atoms with E-state index in [0.717, 1.165) is 36.5 Å². The number of nitrogens with zero attached hydrogens (tertiary/aromatic N) is 3. The lowest BCUT2D eigenvalue weighted by Gasteiger charge is -2.09. The molecule has 2 heterocycles. The summed E-state index contributed by atoms with van der Waals surface area (Å²) < 4.78 is 6.80. The van der Waals surface area contributed by atoms with Crippen LogP contribution in [0.3, 0.4) is 0 Å². The van der Waals surface area contributed by atoms with Crippen LogP contribution in [-0.4, -0.2) is 40.6 Å². The summed E-state index contributed by atoms with van der Waals surface area (Å²) in [5.74, 6) is 0.817. The number of benzene rings is 1. The van der Waals surface area contributed by atoms with Crippen molar-refractivity contribution in [1.82, 2.24) is 25.6 Å². The number of nitrogens with one attached hydrogen (secondary N) is 2. The molecule has 2 aromatic rings. The number of amides is 1. The van der Waals surface area contributed by atoms with E-state index in [-0.39, 0.29) is 11.9 Å². The molecule has 22 heavy (non-hydrogen) atoms. The number of hydrogen-bond donors (Lipinski definition) is 2. The molecule has 0 aliphatic carbocycles. The molecular formula is C15H19N5O2. The fourth-order valence-electron chi connectivity index (χ4n) is 2.45. The molecule has 3 rings (SSSR count). The Morgan fingerprint density at radius 1 is 1.45 bits per heavy atom. The number of hydrogen-bond acceptors (Lipinski definition) is 5. The van der Waals surface area contributed by atoms with E-state index >= 15 is 0 Å². The van der Waals surface area contributed by atoms with Crippen molar-refractivity contribution in [3.05, 3.63) is 36.2 Å². The van der Waals surface area contributed by atoms with Gasteiger partial charge in [-0.2, -0.15) is 0 Å². The molecule has 1 amide bonds. The van der Waals surface area contributed by atoms with Gasteiger partial charge in [0.25, 0.3) is 0 Å². The van der Waals surface area contributed by atoms with Crippen LogP contribution in [0.5, 0.6) is 5.75 Å². The van der Waals surface area contributed by atoms with E-state index in [2.05, 4.69) is 20.9 Å². The van der Waals surface area contributed by atoms with Gasteiger partial charge in [-0.15, -0.1) is 5.10 Å². The molecule has 1 aromatic heterocycles. The van der Waals surface area contributed by atoms with Crippen LogP contribution in [0.2, 0.25) is 0 Å². The van der Waals surface area contributed by atoms with Crippen molar-refractivity contribution in [2.45, 2.75) is 25.4 Å². The zero-order valence-electron chi connectivity index (χ0n) is 12.5. The third kappa shape index (κ3) is 3.25. The van der Waals surface area contributed by atoms with E-state index in [1.807, 2.05) is 30.5 Å². The van der Waals surface area contributed by atoms with Gasteiger partial charge in [-0.3, -0.25) is 4.79 Å². The Balaban J connectivity index is 1.59. The molecule has 1 fully saturated rings. The maximum atomic E-state index is 11.9. The first-order valence-corrected chi connectivity index (χ1v) is 7.33. The van der Waals surface area contributed by atoms with Crippen molar-refractivity contribution in [2.75, 3.05) is 13.7 Å². The van der Waals surface area contributed by atoms with Gasteiger partial charge in [0.05, 0.1) is 31.6 Å². The van der Waals surface area contributed by atoms with Gasteiger partial charge in [0.15, 0.2) is 0 Å². The maximum absolute atomic E-state index is 11.9. The first-order valence-electron chi connectivity index (χ1n) is 7.33. The van der Waals surface area contributed by atoms with Gasteiger partial charge in [-0.1, -0.05) is 5.21 Å². The third-order valence-electron chi connectivity index (χ3n) is 3.70. The Kier molecular flexibility index (Phi) is 4.34. The fraction of sp³-hybridized carbons (Fsp3) is 0.400. The van der Waals surface area contributed by atoms with E-state index in [0.29, 0.717) is 6.54 Å². The summed E-state index contributed by atoms with van der Waals surface area (Å²) in [6, 6.07) is 7.46. The smallest absolute Gasteiger partial charge is 0.237 e. The van der Waals surface area contributed by atoms with E-state index in [4.69, 9.17) is 4.74 Å². The molecule has 0 bridgehead atoms. The SMILES string of the molecule is COc1ccc(-n2cc(CNC(=O)C3CCCN3)nn2)cc1. The standard InChI is InChI=1S/C15H19N5O2/c1-22-13-6-4-12(5-7-13)20-10-11(18-19-20)9-17-15(21)14-3-2-8-16-14/h4-7,10,14,16H,2-3,8-9H2,1H3,(H,17,21). The zero-order chi connectivity index (χ0) is 15.4. The van der Waals surface area contributed by atoms with Gasteiger partial charge >= 0.3 is 0 Å². The molecular weight excluding hydrogens is 282 g/mol.